The van der Waals surface area contributed by atoms with Gasteiger partial charge in [-0.3, -0.25) is 9.36 Å². The Hall–Kier alpha value is -3.78. The van der Waals surface area contributed by atoms with E-state index in [9.17, 15) is 4.79 Å². The Morgan fingerprint density at radius 2 is 1.91 bits per heavy atom. The number of ether oxygens (including phenoxy) is 2. The molecule has 8 heteroatoms. The number of thioether (sulfide) groups is 1. The number of nitrogens with one attached hydrogen (secondary N) is 1. The normalized spacial score (nSPS) is 15.6. The van der Waals surface area contributed by atoms with E-state index in [1.807, 2.05) is 78.2 Å². The van der Waals surface area contributed by atoms with Crippen molar-refractivity contribution in [1.29, 1.82) is 0 Å². The lowest BCUT2D eigenvalue weighted by Crippen LogP contribution is -2.25. The van der Waals surface area contributed by atoms with Gasteiger partial charge < -0.3 is 14.8 Å². The van der Waals surface area contributed by atoms with Crippen LogP contribution in [0.1, 0.15) is 18.9 Å². The summed E-state index contributed by atoms with van der Waals surface area (Å²) in [5.74, 6) is 1.91. The largest absolute Gasteiger partial charge is 0.485 e. The molecular weight excluding hydrogens is 448 g/mol. The highest BCUT2D eigenvalue weighted by molar-refractivity contribution is 8.00. The molecule has 7 nitrogen and oxygen atoms in total. The summed E-state index contributed by atoms with van der Waals surface area (Å²) in [6, 6.07) is 21.5. The fourth-order valence-corrected chi connectivity index (χ4v) is 4.66. The molecule has 1 aliphatic heterocycles. The van der Waals surface area contributed by atoms with Gasteiger partial charge in [0.2, 0.25) is 5.91 Å². The molecule has 4 aromatic rings. The maximum Gasteiger partial charge on any atom is 0.237 e. The smallest absolute Gasteiger partial charge is 0.237 e. The van der Waals surface area contributed by atoms with Crippen LogP contribution in [-0.4, -0.2) is 32.5 Å². The second kappa shape index (κ2) is 9.61. The van der Waals surface area contributed by atoms with Gasteiger partial charge in [-0.1, -0.05) is 60.3 Å². The Kier molecular flexibility index (Phi) is 6.22. The minimum absolute atomic E-state index is 0.110. The number of carbonyl (C=O) groups is 1. The van der Waals surface area contributed by atoms with E-state index >= 15 is 0 Å². The molecule has 0 saturated heterocycles. The Morgan fingerprint density at radius 1 is 1.15 bits per heavy atom. The number of anilines is 1. The molecule has 1 N–H and O–H groups in total. The Morgan fingerprint density at radius 3 is 2.74 bits per heavy atom. The first-order chi connectivity index (χ1) is 16.6. The van der Waals surface area contributed by atoms with Crippen molar-refractivity contribution in [3.63, 3.8) is 0 Å². The zero-order valence-corrected chi connectivity index (χ0v) is 19.5. The lowest BCUT2D eigenvalue weighted by molar-refractivity contribution is -0.115. The SMILES string of the molecule is C=CCn1c(S[C@@H](C)C(=O)Nc2ccc3ccccc3c2)nnc1[C@@H]1COc2ccccc2O1. The summed E-state index contributed by atoms with van der Waals surface area (Å²) in [6.45, 7) is 6.53. The third kappa shape index (κ3) is 4.49. The summed E-state index contributed by atoms with van der Waals surface area (Å²) >= 11 is 1.34. The lowest BCUT2D eigenvalue weighted by Gasteiger charge is -2.26. The second-order valence-electron chi connectivity index (χ2n) is 7.92. The van der Waals surface area contributed by atoms with Gasteiger partial charge in [0.1, 0.15) is 6.61 Å². The van der Waals surface area contributed by atoms with Crippen LogP contribution >= 0.6 is 11.8 Å². The highest BCUT2D eigenvalue weighted by Gasteiger charge is 2.29. The first kappa shape index (κ1) is 22.0. The molecule has 0 aliphatic carbocycles. The fourth-order valence-electron chi connectivity index (χ4n) is 3.80. The number of hydrogen-bond acceptors (Lipinski definition) is 6. The summed E-state index contributed by atoms with van der Waals surface area (Å²) < 4.78 is 13.9. The number of rotatable bonds is 7. The van der Waals surface area contributed by atoms with E-state index in [4.69, 9.17) is 9.47 Å². The van der Waals surface area contributed by atoms with Gasteiger partial charge in [-0.2, -0.15) is 0 Å². The minimum Gasteiger partial charge on any atom is -0.485 e. The van der Waals surface area contributed by atoms with E-state index in [1.54, 1.807) is 6.08 Å². The van der Waals surface area contributed by atoms with E-state index in [2.05, 4.69) is 22.1 Å². The summed E-state index contributed by atoms with van der Waals surface area (Å²) in [4.78, 5) is 12.9. The molecule has 1 aliphatic rings. The van der Waals surface area contributed by atoms with E-state index < -0.39 is 11.4 Å². The zero-order chi connectivity index (χ0) is 23.5. The van der Waals surface area contributed by atoms with E-state index in [1.165, 1.54) is 11.8 Å². The average molecular weight is 473 g/mol. The number of carbonyl (C=O) groups excluding carboxylic acids is 1. The quantitative estimate of drug-likeness (QED) is 0.292. The van der Waals surface area contributed by atoms with Crippen molar-refractivity contribution in [2.45, 2.75) is 30.0 Å². The van der Waals surface area contributed by atoms with Crippen molar-refractivity contribution in [3.8, 4) is 11.5 Å². The number of hydrogen-bond donors (Lipinski definition) is 1. The van der Waals surface area contributed by atoms with Crippen molar-refractivity contribution < 1.29 is 14.3 Å². The van der Waals surface area contributed by atoms with Crippen LogP contribution in [0.3, 0.4) is 0 Å². The second-order valence-corrected chi connectivity index (χ2v) is 9.22. The van der Waals surface area contributed by atoms with Gasteiger partial charge in [0.25, 0.3) is 0 Å². The third-order valence-corrected chi connectivity index (χ3v) is 6.60. The summed E-state index contributed by atoms with van der Waals surface area (Å²) in [6.07, 6.45) is 1.37. The summed E-state index contributed by atoms with van der Waals surface area (Å²) in [5, 5.41) is 14.2. The molecular formula is C26H24N4O3S. The standard InChI is InChI=1S/C26H24N4O3S/c1-3-14-30-24(23-16-32-21-10-6-7-11-22(21)33-23)28-29-26(30)34-17(2)25(31)27-20-13-12-18-8-4-5-9-19(18)15-20/h3-13,15,17,23H,1,14,16H2,2H3,(H,27,31)/t17-,23-/m0/s1. The van der Waals surface area contributed by atoms with Gasteiger partial charge >= 0.3 is 0 Å². The summed E-state index contributed by atoms with van der Waals surface area (Å²) in [7, 11) is 0. The molecule has 5 rings (SSSR count). The van der Waals surface area contributed by atoms with Crippen LogP contribution in [0.25, 0.3) is 10.8 Å². The number of nitrogens with zero attached hydrogens (tertiary/aromatic N) is 3. The molecule has 1 aromatic heterocycles. The molecule has 3 aromatic carbocycles. The van der Waals surface area contributed by atoms with Gasteiger partial charge in [-0.25, -0.2) is 0 Å². The molecule has 0 unspecified atom stereocenters. The van der Waals surface area contributed by atoms with E-state index in [0.717, 1.165) is 16.5 Å². The van der Waals surface area contributed by atoms with Crippen LogP contribution in [-0.2, 0) is 11.3 Å². The van der Waals surface area contributed by atoms with Crippen molar-refractivity contribution in [1.82, 2.24) is 14.8 Å². The summed E-state index contributed by atoms with van der Waals surface area (Å²) in [5.41, 5.74) is 0.760. The molecule has 0 spiro atoms. The van der Waals surface area contributed by atoms with Crippen LogP contribution in [0.4, 0.5) is 5.69 Å². The maximum atomic E-state index is 12.9. The minimum atomic E-state index is -0.404. The van der Waals surface area contributed by atoms with Gasteiger partial charge in [0.15, 0.2) is 28.6 Å². The van der Waals surface area contributed by atoms with Crippen LogP contribution in [0, 0.1) is 0 Å². The van der Waals surface area contributed by atoms with Gasteiger partial charge in [0, 0.05) is 12.2 Å². The first-order valence-corrected chi connectivity index (χ1v) is 11.9. The Labute approximate surface area is 201 Å². The Bertz CT molecular complexity index is 1350. The number of fused-ring (bicyclic) bond motifs is 2. The van der Waals surface area contributed by atoms with Gasteiger partial charge in [-0.05, 0) is 42.0 Å². The number of para-hydroxylation sites is 2. The van der Waals surface area contributed by atoms with Crippen molar-refractivity contribution in [2.75, 3.05) is 11.9 Å². The van der Waals surface area contributed by atoms with Gasteiger partial charge in [-0.15, -0.1) is 16.8 Å². The van der Waals surface area contributed by atoms with E-state index in [-0.39, 0.29) is 5.91 Å². The van der Waals surface area contributed by atoms with Crippen LogP contribution < -0.4 is 14.8 Å². The van der Waals surface area contributed by atoms with E-state index in [0.29, 0.717) is 35.6 Å². The van der Waals surface area contributed by atoms with Crippen molar-refractivity contribution >= 4 is 34.1 Å². The maximum absolute atomic E-state index is 12.9. The fraction of sp³-hybridized carbons (Fsp3) is 0.192. The van der Waals surface area contributed by atoms with Crippen LogP contribution in [0.5, 0.6) is 11.5 Å². The average Bonchev–Trinajstić information content (AvgIpc) is 3.25. The topological polar surface area (TPSA) is 78.3 Å². The van der Waals surface area contributed by atoms with Crippen molar-refractivity contribution in [2.24, 2.45) is 0 Å². The molecule has 0 saturated carbocycles. The molecule has 34 heavy (non-hydrogen) atoms. The molecule has 0 bridgehead atoms. The molecule has 0 radical (unpaired) electrons. The number of amides is 1. The molecule has 1 amide bonds. The van der Waals surface area contributed by atoms with Crippen LogP contribution in [0.2, 0.25) is 0 Å². The monoisotopic (exact) mass is 472 g/mol. The zero-order valence-electron chi connectivity index (χ0n) is 18.7. The van der Waals surface area contributed by atoms with Gasteiger partial charge in [0.05, 0.1) is 5.25 Å². The molecule has 0 fully saturated rings. The predicted octanol–water partition coefficient (Wildman–Crippen LogP) is 5.25. The molecule has 172 valence electrons. The number of allylic oxidation sites excluding steroid dienone is 1. The lowest BCUT2D eigenvalue weighted by atomic mass is 10.1. The Balaban J connectivity index is 1.31. The predicted molar refractivity (Wildman–Crippen MR) is 133 cm³/mol. The first-order valence-electron chi connectivity index (χ1n) is 11.0. The van der Waals surface area contributed by atoms with Crippen molar-refractivity contribution in [3.05, 3.63) is 85.2 Å². The number of aromatic nitrogens is 3. The molecule has 2 atom stereocenters. The highest BCUT2D eigenvalue weighted by Crippen LogP contribution is 2.36. The third-order valence-electron chi connectivity index (χ3n) is 5.52. The number of benzene rings is 3. The molecule has 2 heterocycles. The highest BCUT2D eigenvalue weighted by atomic mass is 32.2. The van der Waals surface area contributed by atoms with Crippen LogP contribution in [0.15, 0.2) is 84.5 Å².